The number of fused-ring (bicyclic) bond motifs is 1. The number of aromatic nitrogens is 1. The SMILES string of the molecule is Cc1ccc(CN2CCN(CC(=O)O)CC2)c2cccnc12. The van der Waals surface area contributed by atoms with Crippen LogP contribution >= 0.6 is 0 Å². The summed E-state index contributed by atoms with van der Waals surface area (Å²) >= 11 is 0. The van der Waals surface area contributed by atoms with Crippen molar-refractivity contribution in [3.8, 4) is 0 Å². The Labute approximate surface area is 130 Å². The molecule has 5 heteroatoms. The molecule has 1 saturated heterocycles. The summed E-state index contributed by atoms with van der Waals surface area (Å²) in [5, 5.41) is 10.1. The van der Waals surface area contributed by atoms with E-state index in [1.54, 1.807) is 0 Å². The van der Waals surface area contributed by atoms with Crippen LogP contribution in [0.3, 0.4) is 0 Å². The second-order valence-corrected chi connectivity index (χ2v) is 5.89. The van der Waals surface area contributed by atoms with Crippen molar-refractivity contribution >= 4 is 16.9 Å². The molecule has 0 radical (unpaired) electrons. The van der Waals surface area contributed by atoms with Gasteiger partial charge >= 0.3 is 5.97 Å². The monoisotopic (exact) mass is 299 g/mol. The van der Waals surface area contributed by atoms with Gasteiger partial charge in [-0.25, -0.2) is 0 Å². The van der Waals surface area contributed by atoms with Crippen molar-refractivity contribution in [2.24, 2.45) is 0 Å². The lowest BCUT2D eigenvalue weighted by atomic mass is 10.0. The Morgan fingerprint density at radius 3 is 2.64 bits per heavy atom. The summed E-state index contributed by atoms with van der Waals surface area (Å²) < 4.78 is 0. The molecule has 0 amide bonds. The van der Waals surface area contributed by atoms with Gasteiger partial charge in [-0.3, -0.25) is 19.6 Å². The van der Waals surface area contributed by atoms with Crippen LogP contribution in [0.2, 0.25) is 0 Å². The van der Waals surface area contributed by atoms with E-state index >= 15 is 0 Å². The fourth-order valence-corrected chi connectivity index (χ4v) is 3.05. The molecule has 116 valence electrons. The van der Waals surface area contributed by atoms with Crippen LogP contribution in [0.15, 0.2) is 30.5 Å². The standard InChI is InChI=1S/C17H21N3O2/c1-13-4-5-14(15-3-2-6-18-17(13)15)11-19-7-9-20(10-8-19)12-16(21)22/h2-6H,7-12H2,1H3,(H,21,22). The normalized spacial score (nSPS) is 17.0. The number of aliphatic carboxylic acids is 1. The van der Waals surface area contributed by atoms with Gasteiger partial charge in [-0.2, -0.15) is 0 Å². The lowest BCUT2D eigenvalue weighted by Gasteiger charge is -2.34. The molecule has 1 aliphatic heterocycles. The Morgan fingerprint density at radius 2 is 1.91 bits per heavy atom. The molecule has 1 aromatic carbocycles. The molecule has 1 aromatic heterocycles. The zero-order valence-corrected chi connectivity index (χ0v) is 12.8. The van der Waals surface area contributed by atoms with Crippen molar-refractivity contribution in [2.45, 2.75) is 13.5 Å². The van der Waals surface area contributed by atoms with Crippen LogP contribution in [0.25, 0.3) is 10.9 Å². The third-order valence-corrected chi connectivity index (χ3v) is 4.28. The molecule has 1 fully saturated rings. The minimum atomic E-state index is -0.746. The predicted molar refractivity (Wildman–Crippen MR) is 85.8 cm³/mol. The molecule has 1 N–H and O–H groups in total. The molecule has 22 heavy (non-hydrogen) atoms. The van der Waals surface area contributed by atoms with Gasteiger partial charge in [0.2, 0.25) is 0 Å². The van der Waals surface area contributed by atoms with Gasteiger partial charge in [0.15, 0.2) is 0 Å². The van der Waals surface area contributed by atoms with Gasteiger partial charge in [0.25, 0.3) is 0 Å². The summed E-state index contributed by atoms with van der Waals surface area (Å²) in [7, 11) is 0. The van der Waals surface area contributed by atoms with Gasteiger partial charge in [-0.15, -0.1) is 0 Å². The topological polar surface area (TPSA) is 56.7 Å². The fourth-order valence-electron chi connectivity index (χ4n) is 3.05. The van der Waals surface area contributed by atoms with Crippen molar-refractivity contribution in [3.63, 3.8) is 0 Å². The number of carboxylic acids is 1. The van der Waals surface area contributed by atoms with E-state index in [1.807, 2.05) is 17.2 Å². The Bertz CT molecular complexity index is 679. The highest BCUT2D eigenvalue weighted by Crippen LogP contribution is 2.22. The summed E-state index contributed by atoms with van der Waals surface area (Å²) in [5.41, 5.74) is 3.57. The maximum atomic E-state index is 10.8. The van der Waals surface area contributed by atoms with Crippen LogP contribution in [-0.2, 0) is 11.3 Å². The van der Waals surface area contributed by atoms with Crippen molar-refractivity contribution in [2.75, 3.05) is 32.7 Å². The maximum absolute atomic E-state index is 10.8. The van der Waals surface area contributed by atoms with Crippen molar-refractivity contribution in [1.82, 2.24) is 14.8 Å². The molecular formula is C17H21N3O2. The summed E-state index contributed by atoms with van der Waals surface area (Å²) in [6.45, 7) is 6.56. The van der Waals surface area contributed by atoms with Gasteiger partial charge in [-0.05, 0) is 24.1 Å². The van der Waals surface area contributed by atoms with Crippen LogP contribution in [0.5, 0.6) is 0 Å². The van der Waals surface area contributed by atoms with Gasteiger partial charge in [0, 0.05) is 44.3 Å². The van der Waals surface area contributed by atoms with Crippen LogP contribution in [-0.4, -0.2) is 58.6 Å². The Morgan fingerprint density at radius 1 is 1.18 bits per heavy atom. The predicted octanol–water partition coefficient (Wildman–Crippen LogP) is 1.75. The number of hydrogen-bond donors (Lipinski definition) is 1. The molecule has 3 rings (SSSR count). The minimum Gasteiger partial charge on any atom is -0.480 e. The quantitative estimate of drug-likeness (QED) is 0.932. The Hall–Kier alpha value is -1.98. The van der Waals surface area contributed by atoms with E-state index in [2.05, 4.69) is 35.0 Å². The largest absolute Gasteiger partial charge is 0.480 e. The first-order chi connectivity index (χ1) is 10.6. The van der Waals surface area contributed by atoms with Crippen LogP contribution in [0.4, 0.5) is 0 Å². The summed E-state index contributed by atoms with van der Waals surface area (Å²) in [4.78, 5) is 19.6. The molecule has 2 heterocycles. The highest BCUT2D eigenvalue weighted by Gasteiger charge is 2.19. The van der Waals surface area contributed by atoms with E-state index in [9.17, 15) is 4.79 Å². The van der Waals surface area contributed by atoms with E-state index in [1.165, 1.54) is 16.5 Å². The minimum absolute atomic E-state index is 0.144. The number of pyridine rings is 1. The zero-order valence-electron chi connectivity index (χ0n) is 12.8. The number of aryl methyl sites for hydroxylation is 1. The number of carbonyl (C=O) groups is 1. The first kappa shape index (κ1) is 14.9. The smallest absolute Gasteiger partial charge is 0.317 e. The second kappa shape index (κ2) is 6.42. The molecule has 1 aliphatic rings. The number of benzene rings is 1. The van der Waals surface area contributed by atoms with Gasteiger partial charge < -0.3 is 5.11 Å². The highest BCUT2D eigenvalue weighted by atomic mass is 16.4. The first-order valence-corrected chi connectivity index (χ1v) is 7.63. The second-order valence-electron chi connectivity index (χ2n) is 5.89. The Balaban J connectivity index is 1.70. The molecular weight excluding hydrogens is 278 g/mol. The summed E-state index contributed by atoms with van der Waals surface area (Å²) in [5.74, 6) is -0.746. The third-order valence-electron chi connectivity index (χ3n) is 4.28. The van der Waals surface area contributed by atoms with Crippen LogP contribution < -0.4 is 0 Å². The highest BCUT2D eigenvalue weighted by molar-refractivity contribution is 5.84. The van der Waals surface area contributed by atoms with Crippen molar-refractivity contribution < 1.29 is 9.90 Å². The number of nitrogens with zero attached hydrogens (tertiary/aromatic N) is 3. The fraction of sp³-hybridized carbons (Fsp3) is 0.412. The van der Waals surface area contributed by atoms with Gasteiger partial charge in [0.1, 0.15) is 0 Å². The Kier molecular flexibility index (Phi) is 4.36. The molecule has 0 saturated carbocycles. The zero-order chi connectivity index (χ0) is 15.5. The summed E-state index contributed by atoms with van der Waals surface area (Å²) in [6, 6.07) is 8.43. The van der Waals surface area contributed by atoms with E-state index in [0.29, 0.717) is 0 Å². The molecule has 2 aromatic rings. The van der Waals surface area contributed by atoms with Crippen molar-refractivity contribution in [3.05, 3.63) is 41.6 Å². The van der Waals surface area contributed by atoms with E-state index < -0.39 is 5.97 Å². The average Bonchev–Trinajstić information content (AvgIpc) is 2.52. The first-order valence-electron chi connectivity index (χ1n) is 7.63. The maximum Gasteiger partial charge on any atom is 0.317 e. The van der Waals surface area contributed by atoms with Crippen molar-refractivity contribution in [1.29, 1.82) is 0 Å². The molecule has 0 unspecified atom stereocenters. The van der Waals surface area contributed by atoms with E-state index in [-0.39, 0.29) is 6.54 Å². The summed E-state index contributed by atoms with van der Waals surface area (Å²) in [6.07, 6.45) is 1.84. The average molecular weight is 299 g/mol. The third kappa shape index (κ3) is 3.26. The lowest BCUT2D eigenvalue weighted by molar-refractivity contribution is -0.138. The number of rotatable bonds is 4. The van der Waals surface area contributed by atoms with Gasteiger partial charge in [-0.1, -0.05) is 18.2 Å². The molecule has 0 spiro atoms. The van der Waals surface area contributed by atoms with E-state index in [4.69, 9.17) is 5.11 Å². The molecule has 0 aliphatic carbocycles. The number of hydrogen-bond acceptors (Lipinski definition) is 4. The number of carboxylic acid groups (broad SMARTS) is 1. The molecule has 5 nitrogen and oxygen atoms in total. The number of piperazine rings is 1. The molecule has 0 atom stereocenters. The lowest BCUT2D eigenvalue weighted by Crippen LogP contribution is -2.47. The molecule has 0 bridgehead atoms. The van der Waals surface area contributed by atoms with E-state index in [0.717, 1.165) is 38.2 Å². The van der Waals surface area contributed by atoms with Crippen LogP contribution in [0.1, 0.15) is 11.1 Å². The van der Waals surface area contributed by atoms with Crippen LogP contribution in [0, 0.1) is 6.92 Å². The van der Waals surface area contributed by atoms with Gasteiger partial charge in [0.05, 0.1) is 12.1 Å².